The van der Waals surface area contributed by atoms with E-state index in [1.165, 1.54) is 21.6 Å². The monoisotopic (exact) mass is 243 g/mol. The highest BCUT2D eigenvalue weighted by Gasteiger charge is 2.05. The van der Waals surface area contributed by atoms with Gasteiger partial charge in [-0.15, -0.1) is 0 Å². The van der Waals surface area contributed by atoms with Crippen LogP contribution in [0.25, 0.3) is 0 Å². The Morgan fingerprint density at radius 3 is 2.12 bits per heavy atom. The van der Waals surface area contributed by atoms with Gasteiger partial charge in [0.2, 0.25) is 0 Å². The number of aryl methyl sites for hydroxylation is 3. The molecule has 1 nitrogen and oxygen atoms in total. The van der Waals surface area contributed by atoms with Gasteiger partial charge in [0.05, 0.1) is 0 Å². The van der Waals surface area contributed by atoms with Crippen LogP contribution in [-0.2, 0) is 0 Å². The summed E-state index contributed by atoms with van der Waals surface area (Å²) in [6.45, 7) is 6.34. The summed E-state index contributed by atoms with van der Waals surface area (Å²) in [5.41, 5.74) is 10.7. The van der Waals surface area contributed by atoms with Crippen LogP contribution >= 0.6 is 11.8 Å². The molecule has 0 saturated carbocycles. The molecule has 88 valence electrons. The van der Waals surface area contributed by atoms with Gasteiger partial charge in [0.25, 0.3) is 0 Å². The summed E-state index contributed by atoms with van der Waals surface area (Å²) in [6.07, 6.45) is 0. The molecule has 0 aromatic heterocycles. The Morgan fingerprint density at radius 1 is 0.824 bits per heavy atom. The summed E-state index contributed by atoms with van der Waals surface area (Å²) in [5.74, 6) is 0. The lowest BCUT2D eigenvalue weighted by molar-refractivity contribution is 1.25. The van der Waals surface area contributed by atoms with Crippen molar-refractivity contribution in [3.63, 3.8) is 0 Å². The fourth-order valence-corrected chi connectivity index (χ4v) is 2.81. The van der Waals surface area contributed by atoms with E-state index in [1.54, 1.807) is 11.8 Å². The molecular formula is C15H17NS. The molecule has 2 heteroatoms. The lowest BCUT2D eigenvalue weighted by atomic mass is 10.2. The van der Waals surface area contributed by atoms with Crippen LogP contribution in [0.1, 0.15) is 16.7 Å². The van der Waals surface area contributed by atoms with E-state index in [0.717, 1.165) is 10.6 Å². The third-order valence-electron chi connectivity index (χ3n) is 2.73. The van der Waals surface area contributed by atoms with Gasteiger partial charge in [0.15, 0.2) is 0 Å². The maximum Gasteiger partial charge on any atom is 0.0456 e. The Hall–Kier alpha value is -1.41. The topological polar surface area (TPSA) is 26.0 Å². The average Bonchev–Trinajstić information content (AvgIpc) is 2.28. The molecule has 17 heavy (non-hydrogen) atoms. The number of benzene rings is 2. The van der Waals surface area contributed by atoms with Crippen LogP contribution in [0, 0.1) is 20.8 Å². The highest BCUT2D eigenvalue weighted by molar-refractivity contribution is 7.99. The van der Waals surface area contributed by atoms with Crippen LogP contribution in [0.4, 0.5) is 5.69 Å². The number of rotatable bonds is 2. The molecule has 0 aliphatic carbocycles. The summed E-state index contributed by atoms with van der Waals surface area (Å²) >= 11 is 1.74. The van der Waals surface area contributed by atoms with E-state index in [-0.39, 0.29) is 0 Å². The molecule has 0 bridgehead atoms. The van der Waals surface area contributed by atoms with Crippen LogP contribution in [0.3, 0.4) is 0 Å². The second-order valence-electron chi connectivity index (χ2n) is 4.41. The van der Waals surface area contributed by atoms with Crippen molar-refractivity contribution in [2.45, 2.75) is 30.6 Å². The number of nitrogens with two attached hydrogens (primary N) is 1. The molecule has 0 atom stereocenters. The number of nitrogen functional groups attached to an aromatic ring is 1. The van der Waals surface area contributed by atoms with Gasteiger partial charge in [-0.3, -0.25) is 0 Å². The van der Waals surface area contributed by atoms with Crippen molar-refractivity contribution in [2.75, 3.05) is 5.73 Å². The fraction of sp³-hybridized carbons (Fsp3) is 0.200. The largest absolute Gasteiger partial charge is 0.398 e. The van der Waals surface area contributed by atoms with Crippen LogP contribution < -0.4 is 5.73 Å². The van der Waals surface area contributed by atoms with E-state index >= 15 is 0 Å². The van der Waals surface area contributed by atoms with E-state index in [1.807, 2.05) is 12.1 Å². The van der Waals surface area contributed by atoms with Crippen molar-refractivity contribution in [2.24, 2.45) is 0 Å². The van der Waals surface area contributed by atoms with Gasteiger partial charge in [-0.05, 0) is 55.7 Å². The molecule has 0 spiro atoms. The van der Waals surface area contributed by atoms with Crippen LogP contribution in [0.5, 0.6) is 0 Å². The highest BCUT2D eigenvalue weighted by Crippen LogP contribution is 2.34. The van der Waals surface area contributed by atoms with E-state index in [9.17, 15) is 0 Å². The smallest absolute Gasteiger partial charge is 0.0456 e. The van der Waals surface area contributed by atoms with E-state index in [4.69, 9.17) is 5.73 Å². The Morgan fingerprint density at radius 2 is 1.41 bits per heavy atom. The zero-order chi connectivity index (χ0) is 12.4. The third-order valence-corrected chi connectivity index (χ3v) is 3.97. The van der Waals surface area contributed by atoms with Crippen molar-refractivity contribution in [1.29, 1.82) is 0 Å². The van der Waals surface area contributed by atoms with Gasteiger partial charge in [-0.2, -0.15) is 0 Å². The number of anilines is 1. The second-order valence-corrected chi connectivity index (χ2v) is 5.50. The number of hydrogen-bond acceptors (Lipinski definition) is 2. The lowest BCUT2D eigenvalue weighted by Gasteiger charge is -2.09. The maximum absolute atomic E-state index is 6.00. The lowest BCUT2D eigenvalue weighted by Crippen LogP contribution is -1.90. The van der Waals surface area contributed by atoms with Gasteiger partial charge < -0.3 is 5.73 Å². The van der Waals surface area contributed by atoms with E-state index < -0.39 is 0 Å². The molecule has 0 aliphatic heterocycles. The van der Waals surface area contributed by atoms with Gasteiger partial charge in [-0.25, -0.2) is 0 Å². The standard InChI is InChI=1S/C15H17NS/c1-10-4-6-12(3)14(8-10)17-15-9-11(2)5-7-13(15)16/h4-9H,16H2,1-3H3. The summed E-state index contributed by atoms with van der Waals surface area (Å²) in [4.78, 5) is 2.42. The zero-order valence-corrected chi connectivity index (χ0v) is 11.3. The molecular weight excluding hydrogens is 226 g/mol. The number of hydrogen-bond donors (Lipinski definition) is 1. The molecule has 0 fully saturated rings. The molecule has 0 heterocycles. The quantitative estimate of drug-likeness (QED) is 0.794. The van der Waals surface area contributed by atoms with Crippen molar-refractivity contribution in [1.82, 2.24) is 0 Å². The first-order chi connectivity index (χ1) is 8.06. The minimum atomic E-state index is 0.849. The maximum atomic E-state index is 6.00. The SMILES string of the molecule is Cc1ccc(C)c(Sc2cc(C)ccc2N)c1. The summed E-state index contributed by atoms with van der Waals surface area (Å²) < 4.78 is 0. The highest BCUT2D eigenvalue weighted by atomic mass is 32.2. The predicted octanol–water partition coefficient (Wildman–Crippen LogP) is 4.35. The Kier molecular flexibility index (Phi) is 3.43. The van der Waals surface area contributed by atoms with Gasteiger partial charge in [0, 0.05) is 15.5 Å². The molecule has 0 amide bonds. The molecule has 2 N–H and O–H groups in total. The summed E-state index contributed by atoms with van der Waals surface area (Å²) in [5, 5.41) is 0. The Balaban J connectivity index is 2.37. The molecule has 2 aromatic carbocycles. The van der Waals surface area contributed by atoms with Crippen molar-refractivity contribution in [3.8, 4) is 0 Å². The predicted molar refractivity (Wildman–Crippen MR) is 75.6 cm³/mol. The fourth-order valence-electron chi connectivity index (χ4n) is 1.67. The van der Waals surface area contributed by atoms with E-state index in [2.05, 4.69) is 45.0 Å². The molecule has 2 rings (SSSR count). The third kappa shape index (κ3) is 2.83. The van der Waals surface area contributed by atoms with Gasteiger partial charge in [0.1, 0.15) is 0 Å². The second kappa shape index (κ2) is 4.84. The van der Waals surface area contributed by atoms with Crippen LogP contribution in [-0.4, -0.2) is 0 Å². The summed E-state index contributed by atoms with van der Waals surface area (Å²) in [7, 11) is 0. The summed E-state index contributed by atoms with van der Waals surface area (Å²) in [6, 6.07) is 12.7. The first-order valence-corrected chi connectivity index (χ1v) is 6.49. The van der Waals surface area contributed by atoms with Gasteiger partial charge in [-0.1, -0.05) is 30.0 Å². The molecule has 0 saturated heterocycles. The van der Waals surface area contributed by atoms with Crippen molar-refractivity contribution >= 4 is 17.4 Å². The molecule has 0 aliphatic rings. The molecule has 0 radical (unpaired) electrons. The van der Waals surface area contributed by atoms with Crippen molar-refractivity contribution < 1.29 is 0 Å². The zero-order valence-electron chi connectivity index (χ0n) is 10.4. The van der Waals surface area contributed by atoms with Crippen LogP contribution in [0.15, 0.2) is 46.2 Å². The molecule has 0 unspecified atom stereocenters. The first kappa shape index (κ1) is 12.1. The Bertz CT molecular complexity index is 497. The molecule has 2 aromatic rings. The van der Waals surface area contributed by atoms with Crippen LogP contribution in [0.2, 0.25) is 0 Å². The normalized spacial score (nSPS) is 10.5. The average molecular weight is 243 g/mol. The Labute approximate surface area is 107 Å². The van der Waals surface area contributed by atoms with Crippen molar-refractivity contribution in [3.05, 3.63) is 53.1 Å². The minimum absolute atomic E-state index is 0.849. The minimum Gasteiger partial charge on any atom is -0.398 e. The first-order valence-electron chi connectivity index (χ1n) is 5.67. The van der Waals surface area contributed by atoms with E-state index in [0.29, 0.717) is 0 Å². The van der Waals surface area contributed by atoms with Gasteiger partial charge >= 0.3 is 0 Å².